The first-order chi connectivity index (χ1) is 18.3. The van der Waals surface area contributed by atoms with Crippen molar-refractivity contribution in [2.45, 2.75) is 38.6 Å². The summed E-state index contributed by atoms with van der Waals surface area (Å²) in [6.07, 6.45) is 4.57. The van der Waals surface area contributed by atoms with Crippen LogP contribution in [0.1, 0.15) is 40.8 Å². The smallest absolute Gasteiger partial charge is 0.142 e. The van der Waals surface area contributed by atoms with Crippen LogP contribution in [0.5, 0.6) is 5.75 Å². The third-order valence-electron chi connectivity index (χ3n) is 6.77. The highest BCUT2D eigenvalue weighted by atomic mass is 16.5. The summed E-state index contributed by atoms with van der Waals surface area (Å²) >= 11 is 0. The van der Waals surface area contributed by atoms with Crippen molar-refractivity contribution in [3.8, 4) is 5.75 Å². The van der Waals surface area contributed by atoms with Crippen LogP contribution >= 0.6 is 0 Å². The summed E-state index contributed by atoms with van der Waals surface area (Å²) in [7, 11) is 0. The van der Waals surface area contributed by atoms with Crippen molar-refractivity contribution in [2.75, 3.05) is 6.61 Å². The van der Waals surface area contributed by atoms with E-state index in [9.17, 15) is 0 Å². The van der Waals surface area contributed by atoms with E-state index in [1.807, 2.05) is 60.9 Å². The van der Waals surface area contributed by atoms with E-state index in [1.54, 1.807) is 0 Å². The van der Waals surface area contributed by atoms with Crippen molar-refractivity contribution < 1.29 is 4.74 Å². The summed E-state index contributed by atoms with van der Waals surface area (Å²) in [6, 6.07) is 27.1. The van der Waals surface area contributed by atoms with Crippen LogP contribution in [0.4, 0.5) is 0 Å². The Bertz CT molecular complexity index is 1420. The van der Waals surface area contributed by atoms with Gasteiger partial charge >= 0.3 is 0 Å². The molecule has 7 nitrogen and oxygen atoms in total. The normalized spacial score (nSPS) is 15.0. The second-order valence-corrected chi connectivity index (χ2v) is 9.39. The number of hydrogen-bond acceptors (Lipinski definition) is 6. The lowest BCUT2D eigenvalue weighted by atomic mass is 10.0. The van der Waals surface area contributed by atoms with Crippen LogP contribution in [0.25, 0.3) is 11.0 Å². The highest BCUT2D eigenvalue weighted by Crippen LogP contribution is 2.35. The van der Waals surface area contributed by atoms with E-state index in [-0.39, 0.29) is 6.04 Å². The summed E-state index contributed by atoms with van der Waals surface area (Å²) < 4.78 is 5.91. The molecule has 6 rings (SSSR count). The lowest BCUT2D eigenvalue weighted by molar-refractivity contribution is 0.119. The first kappa shape index (κ1) is 23.3. The van der Waals surface area contributed by atoms with Crippen LogP contribution in [0.2, 0.25) is 0 Å². The zero-order valence-electron chi connectivity index (χ0n) is 20.7. The topological polar surface area (TPSA) is 79.0 Å². The van der Waals surface area contributed by atoms with E-state index in [4.69, 9.17) is 14.7 Å². The standard InChI is InChI=1S/C30H30N6O/c1-2-8-26-25(7-1)34-29(35-26)21-36(27-14-17-37-28-9-5-16-33-30(27)28)20-23-12-10-22(11-13-23)18-31-19-24-6-3-4-15-32-24/h1-13,15-16,27,31H,14,17-21H2,(H,34,35). The summed E-state index contributed by atoms with van der Waals surface area (Å²) in [5.74, 6) is 1.84. The van der Waals surface area contributed by atoms with Crippen LogP contribution in [-0.2, 0) is 26.2 Å². The van der Waals surface area contributed by atoms with E-state index >= 15 is 0 Å². The molecule has 0 spiro atoms. The van der Waals surface area contributed by atoms with Gasteiger partial charge in [-0.3, -0.25) is 14.9 Å². The highest BCUT2D eigenvalue weighted by molar-refractivity contribution is 5.74. The summed E-state index contributed by atoms with van der Waals surface area (Å²) in [4.78, 5) is 19.9. The molecule has 2 N–H and O–H groups in total. The third-order valence-corrected chi connectivity index (χ3v) is 6.77. The van der Waals surface area contributed by atoms with E-state index in [0.29, 0.717) is 13.2 Å². The first-order valence-electron chi connectivity index (χ1n) is 12.8. The largest absolute Gasteiger partial charge is 0.492 e. The van der Waals surface area contributed by atoms with Crippen LogP contribution in [0.15, 0.2) is 91.3 Å². The number of ether oxygens (including phenoxy) is 1. The number of nitrogens with zero attached hydrogens (tertiary/aromatic N) is 4. The van der Waals surface area contributed by atoms with Crippen molar-refractivity contribution in [3.05, 3.63) is 120 Å². The number of H-pyrrole nitrogens is 1. The van der Waals surface area contributed by atoms with Crippen molar-refractivity contribution >= 4 is 11.0 Å². The molecule has 0 amide bonds. The van der Waals surface area contributed by atoms with E-state index in [2.05, 4.69) is 50.5 Å². The number of aromatic nitrogens is 4. The summed E-state index contributed by atoms with van der Waals surface area (Å²) in [5.41, 5.74) is 6.61. The lowest BCUT2D eigenvalue weighted by Gasteiger charge is -2.34. The van der Waals surface area contributed by atoms with Gasteiger partial charge in [-0.25, -0.2) is 4.98 Å². The molecular weight excluding hydrogens is 460 g/mol. The number of imidazole rings is 1. The number of pyridine rings is 2. The van der Waals surface area contributed by atoms with Gasteiger partial charge in [-0.05, 0) is 47.5 Å². The van der Waals surface area contributed by atoms with E-state index in [0.717, 1.165) is 60.1 Å². The van der Waals surface area contributed by atoms with Gasteiger partial charge in [0.15, 0.2) is 0 Å². The van der Waals surface area contributed by atoms with Gasteiger partial charge in [0.2, 0.25) is 0 Å². The minimum absolute atomic E-state index is 0.151. The number of nitrogens with one attached hydrogen (secondary N) is 2. The Hall–Kier alpha value is -4.07. The number of rotatable bonds is 9. The molecule has 1 aliphatic rings. The fourth-order valence-corrected chi connectivity index (χ4v) is 4.93. The second-order valence-electron chi connectivity index (χ2n) is 9.39. The molecule has 0 radical (unpaired) electrons. The Labute approximate surface area is 216 Å². The number of para-hydroxylation sites is 2. The molecule has 0 fully saturated rings. The molecule has 1 atom stereocenters. The SMILES string of the molecule is c1ccc(CNCc2ccc(CN(Cc3nc4ccccc4[nH]3)C3CCOc4cccnc43)cc2)nc1. The molecule has 1 unspecified atom stereocenters. The van der Waals surface area contributed by atoms with Crippen molar-refractivity contribution in [2.24, 2.45) is 0 Å². The van der Waals surface area contributed by atoms with Crippen molar-refractivity contribution in [1.29, 1.82) is 0 Å². The Morgan fingerprint density at radius 1 is 0.838 bits per heavy atom. The number of aromatic amines is 1. The van der Waals surface area contributed by atoms with Gasteiger partial charge in [-0.1, -0.05) is 42.5 Å². The van der Waals surface area contributed by atoms with Crippen LogP contribution in [-0.4, -0.2) is 31.4 Å². The van der Waals surface area contributed by atoms with E-state index < -0.39 is 0 Å². The molecule has 0 saturated carbocycles. The number of fused-ring (bicyclic) bond motifs is 2. The van der Waals surface area contributed by atoms with Gasteiger partial charge in [-0.15, -0.1) is 0 Å². The molecule has 186 valence electrons. The molecule has 2 aromatic carbocycles. The average molecular weight is 491 g/mol. The molecule has 0 saturated heterocycles. The average Bonchev–Trinajstić information content (AvgIpc) is 3.36. The Balaban J connectivity index is 1.19. The number of benzene rings is 2. The molecule has 4 heterocycles. The molecule has 7 heteroatoms. The van der Waals surface area contributed by atoms with Gasteiger partial charge < -0.3 is 15.0 Å². The minimum atomic E-state index is 0.151. The summed E-state index contributed by atoms with van der Waals surface area (Å²) in [6.45, 7) is 3.73. The van der Waals surface area contributed by atoms with Crippen molar-refractivity contribution in [3.63, 3.8) is 0 Å². The lowest BCUT2D eigenvalue weighted by Crippen LogP contribution is -2.33. The van der Waals surface area contributed by atoms with Gasteiger partial charge in [0.1, 0.15) is 11.6 Å². The molecule has 0 bridgehead atoms. The molecular formula is C30H30N6O. The fourth-order valence-electron chi connectivity index (χ4n) is 4.93. The Kier molecular flexibility index (Phi) is 6.88. The molecule has 37 heavy (non-hydrogen) atoms. The third kappa shape index (κ3) is 5.53. The van der Waals surface area contributed by atoms with Crippen LogP contribution in [0, 0.1) is 0 Å². The predicted octanol–water partition coefficient (Wildman–Crippen LogP) is 5.17. The Morgan fingerprint density at radius 3 is 2.54 bits per heavy atom. The zero-order valence-corrected chi connectivity index (χ0v) is 20.7. The fraction of sp³-hybridized carbons (Fsp3) is 0.233. The molecule has 5 aromatic rings. The maximum Gasteiger partial charge on any atom is 0.142 e. The molecule has 1 aliphatic heterocycles. The maximum absolute atomic E-state index is 5.91. The highest BCUT2D eigenvalue weighted by Gasteiger charge is 2.29. The van der Waals surface area contributed by atoms with Gasteiger partial charge in [0.05, 0.1) is 41.6 Å². The van der Waals surface area contributed by atoms with Crippen molar-refractivity contribution in [1.82, 2.24) is 30.2 Å². The molecule has 3 aromatic heterocycles. The number of hydrogen-bond donors (Lipinski definition) is 2. The predicted molar refractivity (Wildman–Crippen MR) is 144 cm³/mol. The van der Waals surface area contributed by atoms with Crippen LogP contribution in [0.3, 0.4) is 0 Å². The van der Waals surface area contributed by atoms with E-state index in [1.165, 1.54) is 11.1 Å². The zero-order chi connectivity index (χ0) is 24.9. The van der Waals surface area contributed by atoms with Crippen LogP contribution < -0.4 is 10.1 Å². The minimum Gasteiger partial charge on any atom is -0.492 e. The monoisotopic (exact) mass is 490 g/mol. The summed E-state index contributed by atoms with van der Waals surface area (Å²) in [5, 5.41) is 3.48. The molecule has 0 aliphatic carbocycles. The Morgan fingerprint density at radius 2 is 1.68 bits per heavy atom. The maximum atomic E-state index is 5.91. The first-order valence-corrected chi connectivity index (χ1v) is 12.8. The van der Waals surface area contributed by atoms with Gasteiger partial charge in [0, 0.05) is 38.4 Å². The second kappa shape index (κ2) is 10.9. The quantitative estimate of drug-likeness (QED) is 0.297. The van der Waals surface area contributed by atoms with Gasteiger partial charge in [0.25, 0.3) is 0 Å². The van der Waals surface area contributed by atoms with Gasteiger partial charge in [-0.2, -0.15) is 0 Å².